The third-order valence-corrected chi connectivity index (χ3v) is 2.92. The monoisotopic (exact) mass is 278 g/mol. The van der Waals surface area contributed by atoms with E-state index in [0.29, 0.717) is 5.76 Å². The van der Waals surface area contributed by atoms with Crippen molar-refractivity contribution in [3.05, 3.63) is 53.7 Å². The van der Waals surface area contributed by atoms with Crippen molar-refractivity contribution < 1.29 is 9.21 Å². The number of alkyl halides is 1. The van der Waals surface area contributed by atoms with Gasteiger partial charge in [0.2, 0.25) is 0 Å². The number of nitrogens with one attached hydrogen (secondary N) is 1. The zero-order valence-corrected chi connectivity index (χ0v) is 11.4. The molecule has 0 aromatic carbocycles. The summed E-state index contributed by atoms with van der Waals surface area (Å²) in [5.74, 6) is 0.909. The number of pyridine rings is 1. The predicted octanol–water partition coefficient (Wildman–Crippen LogP) is 2.77. The topological polar surface area (TPSA) is 55.1 Å². The van der Waals surface area contributed by atoms with Crippen LogP contribution in [0.15, 0.2) is 41.1 Å². The molecule has 2 rings (SSSR count). The first kappa shape index (κ1) is 13.6. The minimum Gasteiger partial charge on any atom is -0.455 e. The summed E-state index contributed by atoms with van der Waals surface area (Å²) in [7, 11) is 0. The summed E-state index contributed by atoms with van der Waals surface area (Å²) in [6.45, 7) is 1.94. The van der Waals surface area contributed by atoms with Crippen molar-refractivity contribution in [2.24, 2.45) is 0 Å². The molecule has 5 heteroatoms. The van der Waals surface area contributed by atoms with E-state index in [2.05, 4.69) is 10.3 Å². The summed E-state index contributed by atoms with van der Waals surface area (Å²) in [5, 5.41) is 2.88. The first-order chi connectivity index (χ1) is 9.19. The molecule has 0 saturated carbocycles. The zero-order chi connectivity index (χ0) is 13.7. The van der Waals surface area contributed by atoms with Crippen molar-refractivity contribution >= 4 is 17.5 Å². The molecule has 1 atom stereocenters. The predicted molar refractivity (Wildman–Crippen MR) is 73.1 cm³/mol. The van der Waals surface area contributed by atoms with Crippen LogP contribution >= 0.6 is 11.6 Å². The number of aromatic nitrogens is 1. The number of amides is 1. The highest BCUT2D eigenvalue weighted by Crippen LogP contribution is 2.10. The fourth-order valence-corrected chi connectivity index (χ4v) is 1.93. The highest BCUT2D eigenvalue weighted by Gasteiger charge is 2.14. The molecule has 19 heavy (non-hydrogen) atoms. The summed E-state index contributed by atoms with van der Waals surface area (Å²) < 4.78 is 5.29. The van der Waals surface area contributed by atoms with Crippen LogP contribution in [0.4, 0.5) is 0 Å². The summed E-state index contributed by atoms with van der Waals surface area (Å²) >= 11 is 5.63. The number of hydrogen-bond acceptors (Lipinski definition) is 3. The van der Waals surface area contributed by atoms with E-state index in [0.717, 1.165) is 12.0 Å². The SMILES string of the molecule is CC(Cc1cccnc1)NC(=O)c1ccc(CCl)o1. The first-order valence-corrected chi connectivity index (χ1v) is 6.57. The third-order valence-electron chi connectivity index (χ3n) is 2.66. The molecule has 0 aliphatic rings. The van der Waals surface area contributed by atoms with E-state index >= 15 is 0 Å². The molecule has 4 nitrogen and oxygen atoms in total. The Bertz CT molecular complexity index is 539. The standard InChI is InChI=1S/C14H15ClN2O2/c1-10(7-11-3-2-6-16-9-11)17-14(18)13-5-4-12(8-15)19-13/h2-6,9-10H,7-8H2,1H3,(H,17,18). The van der Waals surface area contributed by atoms with Crippen molar-refractivity contribution in [1.82, 2.24) is 10.3 Å². The number of hydrogen-bond donors (Lipinski definition) is 1. The van der Waals surface area contributed by atoms with Crippen molar-refractivity contribution in [2.45, 2.75) is 25.3 Å². The lowest BCUT2D eigenvalue weighted by Gasteiger charge is -2.12. The van der Waals surface area contributed by atoms with Crippen LogP contribution in [0.3, 0.4) is 0 Å². The number of halogens is 1. The summed E-state index contributed by atoms with van der Waals surface area (Å²) in [5.41, 5.74) is 1.08. The minimum atomic E-state index is -0.229. The second kappa shape index (κ2) is 6.38. The van der Waals surface area contributed by atoms with Crippen molar-refractivity contribution in [2.75, 3.05) is 0 Å². The van der Waals surface area contributed by atoms with E-state index in [-0.39, 0.29) is 23.6 Å². The molecule has 2 aromatic heterocycles. The van der Waals surface area contributed by atoms with Gasteiger partial charge in [0.25, 0.3) is 5.91 Å². The average molecular weight is 279 g/mol. The van der Waals surface area contributed by atoms with Crippen LogP contribution in [0.1, 0.15) is 28.8 Å². The first-order valence-electron chi connectivity index (χ1n) is 6.03. The fraction of sp³-hybridized carbons (Fsp3) is 0.286. The lowest BCUT2D eigenvalue weighted by Crippen LogP contribution is -2.33. The Morgan fingerprint density at radius 2 is 2.32 bits per heavy atom. The fourth-order valence-electron chi connectivity index (χ4n) is 1.79. The quantitative estimate of drug-likeness (QED) is 0.856. The van der Waals surface area contributed by atoms with Crippen LogP contribution in [0.25, 0.3) is 0 Å². The van der Waals surface area contributed by atoms with Gasteiger partial charge in [-0.2, -0.15) is 0 Å². The van der Waals surface area contributed by atoms with Crippen molar-refractivity contribution in [1.29, 1.82) is 0 Å². The van der Waals surface area contributed by atoms with Crippen molar-refractivity contribution in [3.63, 3.8) is 0 Å². The molecule has 2 heterocycles. The van der Waals surface area contributed by atoms with Gasteiger partial charge >= 0.3 is 0 Å². The Balaban J connectivity index is 1.91. The smallest absolute Gasteiger partial charge is 0.287 e. The number of rotatable bonds is 5. The van der Waals surface area contributed by atoms with Crippen molar-refractivity contribution in [3.8, 4) is 0 Å². The second-order valence-corrected chi connectivity index (χ2v) is 4.61. The molecule has 0 radical (unpaired) electrons. The van der Waals surface area contributed by atoms with Crippen LogP contribution in [-0.2, 0) is 12.3 Å². The Labute approximate surface area is 116 Å². The Morgan fingerprint density at radius 1 is 1.47 bits per heavy atom. The molecule has 0 aliphatic carbocycles. The van der Waals surface area contributed by atoms with Gasteiger partial charge in [-0.1, -0.05) is 6.07 Å². The van der Waals surface area contributed by atoms with Crippen LogP contribution in [-0.4, -0.2) is 16.9 Å². The van der Waals surface area contributed by atoms with E-state index in [4.69, 9.17) is 16.0 Å². The summed E-state index contributed by atoms with van der Waals surface area (Å²) in [6.07, 6.45) is 4.24. The highest BCUT2D eigenvalue weighted by molar-refractivity contribution is 6.16. The Kier molecular flexibility index (Phi) is 4.58. The molecule has 1 amide bonds. The number of carbonyl (C=O) groups excluding carboxylic acids is 1. The molecule has 1 N–H and O–H groups in total. The molecule has 0 bridgehead atoms. The van der Waals surface area contributed by atoms with Gasteiger partial charge in [0.1, 0.15) is 5.76 Å². The van der Waals surface area contributed by atoms with E-state index < -0.39 is 0 Å². The van der Waals surface area contributed by atoms with Gasteiger partial charge in [0.05, 0.1) is 5.88 Å². The molecule has 0 aliphatic heterocycles. The number of nitrogens with zero attached hydrogens (tertiary/aromatic N) is 1. The number of furan rings is 1. The second-order valence-electron chi connectivity index (χ2n) is 4.34. The van der Waals surface area contributed by atoms with Gasteiger partial charge in [-0.15, -0.1) is 11.6 Å². The van der Waals surface area contributed by atoms with E-state index in [1.165, 1.54) is 0 Å². The molecule has 0 saturated heterocycles. The maximum Gasteiger partial charge on any atom is 0.287 e. The zero-order valence-electron chi connectivity index (χ0n) is 10.6. The van der Waals surface area contributed by atoms with Crippen LogP contribution in [0.5, 0.6) is 0 Å². The lowest BCUT2D eigenvalue weighted by molar-refractivity contribution is 0.0910. The van der Waals surface area contributed by atoms with Gasteiger partial charge in [0, 0.05) is 18.4 Å². The van der Waals surface area contributed by atoms with Gasteiger partial charge in [0.15, 0.2) is 5.76 Å². The van der Waals surface area contributed by atoms with E-state index in [1.54, 1.807) is 24.5 Å². The maximum absolute atomic E-state index is 11.9. The molecular weight excluding hydrogens is 264 g/mol. The third kappa shape index (κ3) is 3.83. The molecule has 100 valence electrons. The molecule has 2 aromatic rings. The van der Waals surface area contributed by atoms with Gasteiger partial charge in [-0.25, -0.2) is 0 Å². The normalized spacial score (nSPS) is 12.1. The lowest BCUT2D eigenvalue weighted by atomic mass is 10.1. The molecule has 0 fully saturated rings. The summed E-state index contributed by atoms with van der Waals surface area (Å²) in [6, 6.07) is 7.19. The highest BCUT2D eigenvalue weighted by atomic mass is 35.5. The Morgan fingerprint density at radius 3 is 2.95 bits per heavy atom. The largest absolute Gasteiger partial charge is 0.455 e. The summed E-state index contributed by atoms with van der Waals surface area (Å²) in [4.78, 5) is 16.0. The molecular formula is C14H15ClN2O2. The minimum absolute atomic E-state index is 0.00116. The van der Waals surface area contributed by atoms with Gasteiger partial charge < -0.3 is 9.73 Å². The maximum atomic E-state index is 11.9. The van der Waals surface area contributed by atoms with E-state index in [1.807, 2.05) is 19.1 Å². The van der Waals surface area contributed by atoms with Crippen LogP contribution in [0, 0.1) is 0 Å². The molecule has 0 spiro atoms. The average Bonchev–Trinajstić information content (AvgIpc) is 2.88. The number of carbonyl (C=O) groups is 1. The van der Waals surface area contributed by atoms with Gasteiger partial charge in [-0.3, -0.25) is 9.78 Å². The van der Waals surface area contributed by atoms with Gasteiger partial charge in [-0.05, 0) is 37.1 Å². The Hall–Kier alpha value is -1.81. The van der Waals surface area contributed by atoms with Crippen LogP contribution in [0.2, 0.25) is 0 Å². The van der Waals surface area contributed by atoms with Crippen LogP contribution < -0.4 is 5.32 Å². The molecule has 1 unspecified atom stereocenters. The van der Waals surface area contributed by atoms with E-state index in [9.17, 15) is 4.79 Å².